The van der Waals surface area contributed by atoms with Gasteiger partial charge < -0.3 is 9.63 Å². The van der Waals surface area contributed by atoms with Crippen LogP contribution in [-0.4, -0.2) is 35.3 Å². The van der Waals surface area contributed by atoms with Crippen LogP contribution < -0.4 is 0 Å². The van der Waals surface area contributed by atoms with E-state index in [9.17, 15) is 4.79 Å². The van der Waals surface area contributed by atoms with Crippen molar-refractivity contribution < 1.29 is 14.4 Å². The minimum Gasteiger partial charge on any atom is -0.481 e. The van der Waals surface area contributed by atoms with Gasteiger partial charge in [0, 0.05) is 32.4 Å². The van der Waals surface area contributed by atoms with E-state index in [4.69, 9.17) is 9.63 Å². The first-order chi connectivity index (χ1) is 5.70. The van der Waals surface area contributed by atoms with E-state index >= 15 is 0 Å². The first-order valence-electron chi connectivity index (χ1n) is 3.86. The summed E-state index contributed by atoms with van der Waals surface area (Å²) in [6.07, 6.45) is 1.83. The molecule has 0 aliphatic heterocycles. The molecule has 0 amide bonds. The topological polar surface area (TPSA) is 46.5 Å². The zero-order valence-electron chi connectivity index (χ0n) is 7.12. The Balaban J connectivity index is 3.54. The van der Waals surface area contributed by atoms with Crippen molar-refractivity contribution >= 4 is 30.0 Å². The zero-order chi connectivity index (χ0) is 9.40. The van der Waals surface area contributed by atoms with Gasteiger partial charge in [0.15, 0.2) is 0 Å². The standard InChI is InChI=1S/C7H14BrO3P/c1-2-11-12(6-4-8)5-3-7(9)10/h2-6H2,1H3,(H,9,10). The highest BCUT2D eigenvalue weighted by Gasteiger charge is 2.09. The molecule has 0 aromatic rings. The van der Waals surface area contributed by atoms with Gasteiger partial charge in [-0.2, -0.15) is 0 Å². The van der Waals surface area contributed by atoms with Crippen LogP contribution in [0.15, 0.2) is 0 Å². The average molecular weight is 257 g/mol. The Bertz CT molecular complexity index is 126. The van der Waals surface area contributed by atoms with Crippen LogP contribution in [0.4, 0.5) is 0 Å². The quantitative estimate of drug-likeness (QED) is 0.562. The van der Waals surface area contributed by atoms with Crippen LogP contribution in [0.5, 0.6) is 0 Å². The number of carboxylic acids is 1. The molecule has 1 atom stereocenters. The molecule has 0 saturated carbocycles. The molecule has 0 bridgehead atoms. The van der Waals surface area contributed by atoms with Crippen LogP contribution in [-0.2, 0) is 9.32 Å². The third kappa shape index (κ3) is 7.01. The highest BCUT2D eigenvalue weighted by molar-refractivity contribution is 9.09. The van der Waals surface area contributed by atoms with Crippen LogP contribution >= 0.6 is 24.1 Å². The molecule has 0 saturated heterocycles. The molecule has 1 N–H and O–H groups in total. The second-order valence-electron chi connectivity index (χ2n) is 2.18. The summed E-state index contributed by atoms with van der Waals surface area (Å²) in [6.45, 7) is 2.61. The molecule has 1 unspecified atom stereocenters. The van der Waals surface area contributed by atoms with E-state index in [0.29, 0.717) is 12.8 Å². The van der Waals surface area contributed by atoms with Crippen molar-refractivity contribution in [1.29, 1.82) is 0 Å². The Morgan fingerprint density at radius 1 is 1.58 bits per heavy atom. The third-order valence-electron chi connectivity index (χ3n) is 1.22. The predicted molar refractivity (Wildman–Crippen MR) is 54.3 cm³/mol. The molecular formula is C7H14BrO3P. The molecule has 5 heteroatoms. The Kier molecular flexibility index (Phi) is 8.19. The van der Waals surface area contributed by atoms with Crippen LogP contribution in [0.3, 0.4) is 0 Å². The molecule has 0 radical (unpaired) electrons. The van der Waals surface area contributed by atoms with Crippen molar-refractivity contribution in [3.63, 3.8) is 0 Å². The maximum absolute atomic E-state index is 10.3. The maximum atomic E-state index is 10.3. The summed E-state index contributed by atoms with van der Waals surface area (Å²) in [5, 5.41) is 9.33. The fourth-order valence-corrected chi connectivity index (χ4v) is 3.40. The lowest BCUT2D eigenvalue weighted by Gasteiger charge is -2.13. The van der Waals surface area contributed by atoms with Gasteiger partial charge in [-0.05, 0) is 6.92 Å². The van der Waals surface area contributed by atoms with Gasteiger partial charge in [0.25, 0.3) is 0 Å². The molecule has 12 heavy (non-hydrogen) atoms. The second-order valence-corrected chi connectivity index (χ2v) is 5.09. The summed E-state index contributed by atoms with van der Waals surface area (Å²) in [5.74, 6) is -0.739. The van der Waals surface area contributed by atoms with E-state index in [2.05, 4.69) is 15.9 Å². The molecule has 72 valence electrons. The normalized spacial score (nSPS) is 12.8. The van der Waals surface area contributed by atoms with Gasteiger partial charge in [-0.25, -0.2) is 0 Å². The lowest BCUT2D eigenvalue weighted by Crippen LogP contribution is -2.02. The van der Waals surface area contributed by atoms with E-state index < -0.39 is 14.1 Å². The Labute approximate surface area is 82.5 Å². The van der Waals surface area contributed by atoms with Crippen molar-refractivity contribution in [3.8, 4) is 0 Å². The summed E-state index contributed by atoms with van der Waals surface area (Å²) < 4.78 is 5.40. The maximum Gasteiger partial charge on any atom is 0.303 e. The lowest BCUT2D eigenvalue weighted by atomic mass is 10.5. The number of aliphatic carboxylic acids is 1. The molecular weight excluding hydrogens is 243 g/mol. The Morgan fingerprint density at radius 3 is 2.67 bits per heavy atom. The van der Waals surface area contributed by atoms with E-state index in [0.717, 1.165) is 11.5 Å². The number of halogens is 1. The van der Waals surface area contributed by atoms with Crippen molar-refractivity contribution in [2.45, 2.75) is 13.3 Å². The van der Waals surface area contributed by atoms with Gasteiger partial charge >= 0.3 is 5.97 Å². The van der Waals surface area contributed by atoms with E-state index in [1.807, 2.05) is 6.92 Å². The molecule has 0 aromatic heterocycles. The molecule has 0 rings (SSSR count). The van der Waals surface area contributed by atoms with Gasteiger partial charge in [0.1, 0.15) is 0 Å². The molecule has 0 heterocycles. The summed E-state index contributed by atoms with van der Waals surface area (Å²) in [7, 11) is -0.521. The number of carboxylic acid groups (broad SMARTS) is 1. The summed E-state index contributed by atoms with van der Waals surface area (Å²) in [6, 6.07) is 0. The lowest BCUT2D eigenvalue weighted by molar-refractivity contribution is -0.136. The Hall–Kier alpha value is 0.340. The summed E-state index contributed by atoms with van der Waals surface area (Å²) in [5.41, 5.74) is 0. The molecule has 0 aromatic carbocycles. The van der Waals surface area contributed by atoms with Crippen LogP contribution in [0, 0.1) is 0 Å². The van der Waals surface area contributed by atoms with Gasteiger partial charge in [0.2, 0.25) is 0 Å². The molecule has 3 nitrogen and oxygen atoms in total. The van der Waals surface area contributed by atoms with Crippen LogP contribution in [0.25, 0.3) is 0 Å². The summed E-state index contributed by atoms with van der Waals surface area (Å²) in [4.78, 5) is 10.3. The van der Waals surface area contributed by atoms with Gasteiger partial charge in [-0.3, -0.25) is 4.79 Å². The highest BCUT2D eigenvalue weighted by atomic mass is 79.9. The smallest absolute Gasteiger partial charge is 0.303 e. The van der Waals surface area contributed by atoms with Crippen molar-refractivity contribution in [2.75, 3.05) is 24.3 Å². The van der Waals surface area contributed by atoms with Gasteiger partial charge in [0.05, 0.1) is 6.42 Å². The van der Waals surface area contributed by atoms with Crippen LogP contribution in [0.2, 0.25) is 0 Å². The molecule has 0 fully saturated rings. The first-order valence-corrected chi connectivity index (χ1v) is 6.61. The largest absolute Gasteiger partial charge is 0.481 e. The monoisotopic (exact) mass is 256 g/mol. The molecule has 0 aliphatic carbocycles. The minimum absolute atomic E-state index is 0.221. The SMILES string of the molecule is CCOP(CCBr)CCC(=O)O. The first kappa shape index (κ1) is 12.3. The molecule has 0 aliphatic rings. The van der Waals surface area contributed by atoms with E-state index in [-0.39, 0.29) is 6.42 Å². The second kappa shape index (κ2) is 7.96. The van der Waals surface area contributed by atoms with Crippen molar-refractivity contribution in [1.82, 2.24) is 0 Å². The number of alkyl halides is 1. The zero-order valence-corrected chi connectivity index (χ0v) is 9.60. The number of hydrogen-bond donors (Lipinski definition) is 1. The fraction of sp³-hybridized carbons (Fsp3) is 0.857. The van der Waals surface area contributed by atoms with Crippen molar-refractivity contribution in [3.05, 3.63) is 0 Å². The predicted octanol–water partition coefficient (Wildman–Crippen LogP) is 2.29. The highest BCUT2D eigenvalue weighted by Crippen LogP contribution is 2.37. The minimum atomic E-state index is -0.739. The fourth-order valence-electron chi connectivity index (χ4n) is 0.738. The Morgan fingerprint density at radius 2 is 2.25 bits per heavy atom. The average Bonchev–Trinajstić information content (AvgIpc) is 2.01. The van der Waals surface area contributed by atoms with Gasteiger partial charge in [-0.1, -0.05) is 15.9 Å². The molecule has 0 spiro atoms. The number of hydrogen-bond acceptors (Lipinski definition) is 2. The summed E-state index contributed by atoms with van der Waals surface area (Å²) >= 11 is 3.32. The van der Waals surface area contributed by atoms with E-state index in [1.165, 1.54) is 0 Å². The van der Waals surface area contributed by atoms with Gasteiger partial charge in [-0.15, -0.1) is 0 Å². The van der Waals surface area contributed by atoms with Crippen molar-refractivity contribution in [2.24, 2.45) is 0 Å². The third-order valence-corrected chi connectivity index (χ3v) is 4.30. The van der Waals surface area contributed by atoms with Crippen LogP contribution in [0.1, 0.15) is 13.3 Å². The van der Waals surface area contributed by atoms with E-state index in [1.54, 1.807) is 0 Å². The number of rotatable bonds is 7. The number of carbonyl (C=O) groups is 1.